The molecule has 0 atom stereocenters. The summed E-state index contributed by atoms with van der Waals surface area (Å²) in [6, 6.07) is 19.0. The maximum Gasteiger partial charge on any atom is 0.352 e. The zero-order valence-corrected chi connectivity index (χ0v) is 13.4. The minimum Gasteiger partial charge on any atom is -0.477 e. The van der Waals surface area contributed by atoms with Crippen molar-refractivity contribution in [3.63, 3.8) is 0 Å². The number of hydrogen-bond donors (Lipinski definition) is 2. The van der Waals surface area contributed by atoms with E-state index in [0.717, 1.165) is 16.1 Å². The smallest absolute Gasteiger partial charge is 0.352 e. The molecule has 2 aromatic carbocycles. The molecule has 3 aromatic rings. The van der Waals surface area contributed by atoms with Crippen LogP contribution in [0.15, 0.2) is 65.8 Å². The van der Waals surface area contributed by atoms with Crippen molar-refractivity contribution in [1.82, 2.24) is 10.2 Å². The van der Waals surface area contributed by atoms with Crippen molar-refractivity contribution >= 4 is 28.1 Å². The van der Waals surface area contributed by atoms with Gasteiger partial charge in [-0.25, -0.2) is 4.79 Å². The average Bonchev–Trinajstić information content (AvgIpc) is 3.09. The molecule has 1 aromatic heterocycles. The van der Waals surface area contributed by atoms with Gasteiger partial charge in [0.15, 0.2) is 0 Å². The number of benzene rings is 2. The molecule has 0 amide bonds. The summed E-state index contributed by atoms with van der Waals surface area (Å²) in [4.78, 5) is 11.3. The monoisotopic (exact) mass is 338 g/mol. The molecule has 0 radical (unpaired) electrons. The Morgan fingerprint density at radius 1 is 1.04 bits per heavy atom. The molecule has 3 rings (SSSR count). The van der Waals surface area contributed by atoms with Crippen LogP contribution in [-0.4, -0.2) is 27.0 Å². The predicted molar refractivity (Wildman–Crippen MR) is 94.2 cm³/mol. The lowest BCUT2D eigenvalue weighted by molar-refractivity contribution is -0.129. The molecule has 24 heavy (non-hydrogen) atoms. The fourth-order valence-electron chi connectivity index (χ4n) is 2.03. The van der Waals surface area contributed by atoms with Gasteiger partial charge in [0.05, 0.1) is 0 Å². The topological polar surface area (TPSA) is 87.5 Å². The summed E-state index contributed by atoms with van der Waals surface area (Å²) in [6.07, 6.45) is 0.230. The summed E-state index contributed by atoms with van der Waals surface area (Å²) < 4.78 is 0. The van der Waals surface area contributed by atoms with Gasteiger partial charge < -0.3 is 5.11 Å². The van der Waals surface area contributed by atoms with Gasteiger partial charge in [-0.15, -0.1) is 10.2 Å². The summed E-state index contributed by atoms with van der Waals surface area (Å²) >= 11 is 1.31. The number of aromatic nitrogens is 2. The molecule has 1 heterocycles. The molecule has 6 nitrogen and oxygen atoms in total. The Morgan fingerprint density at radius 3 is 2.38 bits per heavy atom. The Kier molecular flexibility index (Phi) is 4.93. The number of carbonyl (C=O) groups is 1. The number of aliphatic carboxylic acids is 1. The molecule has 120 valence electrons. The first-order valence-corrected chi connectivity index (χ1v) is 8.03. The van der Waals surface area contributed by atoms with Crippen molar-refractivity contribution in [2.75, 3.05) is 5.43 Å². The van der Waals surface area contributed by atoms with E-state index in [-0.39, 0.29) is 12.1 Å². The first-order valence-electron chi connectivity index (χ1n) is 7.21. The van der Waals surface area contributed by atoms with E-state index in [1.54, 1.807) is 0 Å². The van der Waals surface area contributed by atoms with Gasteiger partial charge in [-0.1, -0.05) is 72.0 Å². The van der Waals surface area contributed by atoms with Crippen LogP contribution in [0.1, 0.15) is 5.56 Å². The van der Waals surface area contributed by atoms with Crippen LogP contribution in [0.4, 0.5) is 5.13 Å². The molecule has 0 aliphatic rings. The lowest BCUT2D eigenvalue weighted by Crippen LogP contribution is -2.17. The number of nitrogens with one attached hydrogen (secondary N) is 1. The first-order chi connectivity index (χ1) is 11.7. The highest BCUT2D eigenvalue weighted by molar-refractivity contribution is 7.18. The second-order valence-corrected chi connectivity index (χ2v) is 5.89. The second-order valence-electron chi connectivity index (χ2n) is 4.92. The highest BCUT2D eigenvalue weighted by atomic mass is 32.1. The highest BCUT2D eigenvalue weighted by Crippen LogP contribution is 2.25. The lowest BCUT2D eigenvalue weighted by Gasteiger charge is -2.02. The molecule has 2 N–H and O–H groups in total. The number of hydrogen-bond acceptors (Lipinski definition) is 6. The quantitative estimate of drug-likeness (QED) is 0.532. The molecule has 0 aliphatic carbocycles. The highest BCUT2D eigenvalue weighted by Gasteiger charge is 2.12. The Balaban J connectivity index is 1.73. The Bertz CT molecular complexity index is 847. The zero-order valence-electron chi connectivity index (χ0n) is 12.6. The van der Waals surface area contributed by atoms with Crippen LogP contribution in [0.2, 0.25) is 0 Å². The number of nitrogens with zero attached hydrogens (tertiary/aromatic N) is 3. The van der Waals surface area contributed by atoms with E-state index in [1.165, 1.54) is 11.3 Å². The Labute approximate surface area is 142 Å². The zero-order chi connectivity index (χ0) is 16.8. The van der Waals surface area contributed by atoms with Gasteiger partial charge in [0.1, 0.15) is 10.7 Å². The van der Waals surface area contributed by atoms with E-state index in [2.05, 4.69) is 20.7 Å². The summed E-state index contributed by atoms with van der Waals surface area (Å²) in [5.74, 6) is -1.07. The van der Waals surface area contributed by atoms with Crippen molar-refractivity contribution in [1.29, 1.82) is 0 Å². The molecule has 0 aliphatic heterocycles. The normalized spacial score (nSPS) is 11.2. The molecule has 7 heteroatoms. The van der Waals surface area contributed by atoms with Crippen LogP contribution in [0.25, 0.3) is 10.6 Å². The van der Waals surface area contributed by atoms with E-state index in [1.807, 2.05) is 60.7 Å². The van der Waals surface area contributed by atoms with Gasteiger partial charge >= 0.3 is 5.97 Å². The van der Waals surface area contributed by atoms with E-state index in [0.29, 0.717) is 5.13 Å². The maximum absolute atomic E-state index is 11.3. The van der Waals surface area contributed by atoms with Gasteiger partial charge in [0.2, 0.25) is 5.13 Å². The first kappa shape index (κ1) is 15.8. The number of anilines is 1. The average molecular weight is 338 g/mol. The largest absolute Gasteiger partial charge is 0.477 e. The van der Waals surface area contributed by atoms with Crippen molar-refractivity contribution in [3.05, 3.63) is 66.2 Å². The lowest BCUT2D eigenvalue weighted by atomic mass is 10.1. The van der Waals surface area contributed by atoms with E-state index < -0.39 is 5.97 Å². The fraction of sp³-hybridized carbons (Fsp3) is 0.0588. The summed E-state index contributed by atoms with van der Waals surface area (Å²) in [6.45, 7) is 0. The van der Waals surface area contributed by atoms with E-state index in [9.17, 15) is 9.90 Å². The van der Waals surface area contributed by atoms with Gasteiger partial charge in [0.25, 0.3) is 0 Å². The minimum atomic E-state index is -1.07. The van der Waals surface area contributed by atoms with Crippen LogP contribution >= 0.6 is 11.3 Å². The Hall–Kier alpha value is -3.06. The summed E-state index contributed by atoms with van der Waals surface area (Å²) in [5.41, 5.74) is 4.53. The minimum absolute atomic E-state index is 0.0117. The number of rotatable bonds is 6. The van der Waals surface area contributed by atoms with Crippen molar-refractivity contribution in [3.8, 4) is 10.6 Å². The second kappa shape index (κ2) is 7.47. The molecule has 0 saturated heterocycles. The maximum atomic E-state index is 11.3. The summed E-state index contributed by atoms with van der Waals surface area (Å²) in [5, 5.41) is 22.5. The van der Waals surface area contributed by atoms with E-state index in [4.69, 9.17) is 0 Å². The van der Waals surface area contributed by atoms with Gasteiger partial charge in [-0.05, 0) is 5.56 Å². The number of hydrazone groups is 1. The third-order valence-electron chi connectivity index (χ3n) is 3.19. The number of carboxylic acid groups (broad SMARTS) is 1. The van der Waals surface area contributed by atoms with Gasteiger partial charge in [-0.2, -0.15) is 5.10 Å². The van der Waals surface area contributed by atoms with Crippen LogP contribution in [0.3, 0.4) is 0 Å². The van der Waals surface area contributed by atoms with Crippen LogP contribution in [0.5, 0.6) is 0 Å². The standard InChI is InChI=1S/C17H14N4O2S/c22-16(23)14(11-12-7-3-1-4-8-12)18-20-17-21-19-15(24-17)13-9-5-2-6-10-13/h1-10H,11H2,(H,20,21)(H,22,23)/b18-14+. The van der Waals surface area contributed by atoms with E-state index >= 15 is 0 Å². The van der Waals surface area contributed by atoms with Crippen molar-refractivity contribution in [2.24, 2.45) is 5.10 Å². The van der Waals surface area contributed by atoms with Gasteiger partial charge in [0, 0.05) is 12.0 Å². The number of carboxylic acids is 1. The molecular weight excluding hydrogens is 324 g/mol. The molecular formula is C17H14N4O2S. The molecule has 0 saturated carbocycles. The van der Waals surface area contributed by atoms with Crippen LogP contribution < -0.4 is 5.43 Å². The SMILES string of the molecule is O=C(O)/C(Cc1ccccc1)=N/Nc1nnc(-c2ccccc2)s1. The third kappa shape index (κ3) is 4.02. The van der Waals surface area contributed by atoms with Crippen molar-refractivity contribution < 1.29 is 9.90 Å². The molecule has 0 spiro atoms. The molecule has 0 unspecified atom stereocenters. The Morgan fingerprint density at radius 2 is 1.71 bits per heavy atom. The summed E-state index contributed by atoms with van der Waals surface area (Å²) in [7, 11) is 0. The predicted octanol–water partition coefficient (Wildman–Crippen LogP) is 3.30. The third-order valence-corrected chi connectivity index (χ3v) is 4.07. The van der Waals surface area contributed by atoms with Crippen LogP contribution in [0, 0.1) is 0 Å². The fourth-order valence-corrected chi connectivity index (χ4v) is 2.72. The van der Waals surface area contributed by atoms with Gasteiger partial charge in [-0.3, -0.25) is 5.43 Å². The molecule has 0 fully saturated rings. The van der Waals surface area contributed by atoms with Crippen molar-refractivity contribution in [2.45, 2.75) is 6.42 Å². The molecule has 0 bridgehead atoms. The van der Waals surface area contributed by atoms with Crippen LogP contribution in [-0.2, 0) is 11.2 Å².